The van der Waals surface area contributed by atoms with Crippen LogP contribution in [0.1, 0.15) is 94.4 Å². The number of carbonyl (C=O) groups is 1. The predicted octanol–water partition coefficient (Wildman–Crippen LogP) is 11.0. The number of hydrogen-bond acceptors (Lipinski definition) is 8. The normalized spacial score (nSPS) is 23.0. The highest BCUT2D eigenvalue weighted by atomic mass is 16.7. The fourth-order valence-electron chi connectivity index (χ4n) is 8.51. The van der Waals surface area contributed by atoms with E-state index in [0.717, 1.165) is 66.7 Å². The van der Waals surface area contributed by atoms with Gasteiger partial charge in [0.05, 0.1) is 51.7 Å². The van der Waals surface area contributed by atoms with Gasteiger partial charge in [-0.1, -0.05) is 118 Å². The summed E-state index contributed by atoms with van der Waals surface area (Å²) < 4.78 is 44.3. The maximum absolute atomic E-state index is 13.9. The van der Waals surface area contributed by atoms with Crippen molar-refractivity contribution >= 4 is 5.97 Å². The molecule has 0 unspecified atom stereocenters. The number of rotatable bonds is 21. The molecule has 8 heteroatoms. The molecule has 2 aliphatic heterocycles. The fourth-order valence-corrected chi connectivity index (χ4v) is 8.51. The predicted molar refractivity (Wildman–Crippen MR) is 231 cm³/mol. The first-order chi connectivity index (χ1) is 28.6. The molecule has 59 heavy (non-hydrogen) atoms. The Kier molecular flexibility index (Phi) is 16.2. The first kappa shape index (κ1) is 44.1. The number of hydrogen-bond donors (Lipinski definition) is 0. The quantitative estimate of drug-likeness (QED) is 0.0468. The second-order valence-corrected chi connectivity index (χ2v) is 16.9. The lowest BCUT2D eigenvalue weighted by Gasteiger charge is -2.57. The van der Waals surface area contributed by atoms with E-state index in [1.807, 2.05) is 84.9 Å². The fraction of sp³-hybridized carbons (Fsp3) is 0.471. The zero-order valence-corrected chi connectivity index (χ0v) is 35.5. The largest absolute Gasteiger partial charge is 0.497 e. The Bertz CT molecular complexity index is 1860. The number of methoxy groups -OCH3 is 1. The number of ether oxygens (including phenoxy) is 7. The number of carbonyl (C=O) groups excluding carboxylic acids is 1. The van der Waals surface area contributed by atoms with Crippen LogP contribution in [-0.2, 0) is 54.7 Å². The zero-order valence-electron chi connectivity index (χ0n) is 35.5. The molecule has 1 spiro atoms. The highest BCUT2D eigenvalue weighted by Crippen LogP contribution is 2.53. The van der Waals surface area contributed by atoms with Crippen LogP contribution in [0, 0.1) is 11.3 Å². The first-order valence-electron chi connectivity index (χ1n) is 21.4. The molecule has 6 atom stereocenters. The van der Waals surface area contributed by atoms with Gasteiger partial charge in [0.2, 0.25) is 0 Å². The van der Waals surface area contributed by atoms with Crippen molar-refractivity contribution in [2.24, 2.45) is 11.3 Å². The van der Waals surface area contributed by atoms with Gasteiger partial charge in [-0.25, -0.2) is 0 Å². The van der Waals surface area contributed by atoms with Gasteiger partial charge in [-0.3, -0.25) is 4.79 Å². The van der Waals surface area contributed by atoms with Crippen molar-refractivity contribution in [3.63, 3.8) is 0 Å². The molecular formula is C51H64O8. The summed E-state index contributed by atoms with van der Waals surface area (Å²) in [6, 6.07) is 36.4. The molecule has 0 N–H and O–H groups in total. The van der Waals surface area contributed by atoms with E-state index in [4.69, 9.17) is 33.2 Å². The van der Waals surface area contributed by atoms with Gasteiger partial charge in [0.15, 0.2) is 5.79 Å². The maximum Gasteiger partial charge on any atom is 0.308 e. The number of aryl methyl sites for hydroxylation is 1. The van der Waals surface area contributed by atoms with Gasteiger partial charge in [0.1, 0.15) is 24.2 Å². The van der Waals surface area contributed by atoms with E-state index >= 15 is 0 Å². The highest BCUT2D eigenvalue weighted by Gasteiger charge is 2.58. The molecule has 2 heterocycles. The summed E-state index contributed by atoms with van der Waals surface area (Å²) in [5.74, 6) is 0.787. The minimum atomic E-state index is -0.894. The molecule has 8 nitrogen and oxygen atoms in total. The summed E-state index contributed by atoms with van der Waals surface area (Å²) in [4.78, 5) is 13.9. The SMILES string of the molecule is C=CC[C@@H]1O[C@@]2(C[C@H](OC(=O)C[C@H](COCc3ccccc3)OCc3ccc(OC)cc3)C[C@@H](CCCCc3cccc(OCc4ccccc4)c3)O2)C(C)(C)C[C@H]1C. The number of benzene rings is 4. The standard InChI is InChI=1S/C51H64O8/c1-6-16-48-38(2)32-50(3,4)51(59-48)33-46(30-45(58-51)23-14-13-17-39-22-15-24-44(29-39)55-35-41-20-11-8-12-21-41)57-49(52)31-47(37-54-34-40-18-9-7-10-19-40)56-36-42-25-27-43(53-5)28-26-42/h6-12,15,18-22,24-29,38,45-48H,1,13-14,16-17,23,30-37H2,2-5H3/t38-,45-,46-,47-,48+,51+/m1/s1. The molecule has 0 bridgehead atoms. The molecular weight excluding hydrogens is 741 g/mol. The average Bonchev–Trinajstić information content (AvgIpc) is 3.24. The summed E-state index contributed by atoms with van der Waals surface area (Å²) in [6.07, 6.45) is 7.45. The third-order valence-corrected chi connectivity index (χ3v) is 11.8. The molecule has 0 radical (unpaired) electrons. The molecule has 0 saturated carbocycles. The molecule has 2 saturated heterocycles. The number of unbranched alkanes of at least 4 members (excludes halogenated alkanes) is 1. The Balaban J connectivity index is 1.09. The van der Waals surface area contributed by atoms with Crippen molar-refractivity contribution in [2.75, 3.05) is 13.7 Å². The third kappa shape index (κ3) is 13.0. The summed E-state index contributed by atoms with van der Waals surface area (Å²) in [5, 5.41) is 0. The summed E-state index contributed by atoms with van der Waals surface area (Å²) in [5.41, 5.74) is 4.13. The lowest BCUT2D eigenvalue weighted by molar-refractivity contribution is -0.380. The van der Waals surface area contributed by atoms with Crippen LogP contribution in [0.3, 0.4) is 0 Å². The van der Waals surface area contributed by atoms with E-state index in [0.29, 0.717) is 38.6 Å². The third-order valence-electron chi connectivity index (χ3n) is 11.8. The van der Waals surface area contributed by atoms with E-state index in [-0.39, 0.29) is 42.7 Å². The van der Waals surface area contributed by atoms with Crippen LogP contribution in [-0.4, -0.2) is 49.9 Å². The van der Waals surface area contributed by atoms with Crippen LogP contribution in [0.4, 0.5) is 0 Å². The van der Waals surface area contributed by atoms with Gasteiger partial charge < -0.3 is 33.2 Å². The molecule has 6 rings (SSSR count). The van der Waals surface area contributed by atoms with Crippen LogP contribution in [0.5, 0.6) is 11.5 Å². The second kappa shape index (κ2) is 21.7. The van der Waals surface area contributed by atoms with Crippen molar-refractivity contribution < 1.29 is 38.0 Å². The van der Waals surface area contributed by atoms with Crippen molar-refractivity contribution in [3.05, 3.63) is 144 Å². The van der Waals surface area contributed by atoms with E-state index in [1.54, 1.807) is 7.11 Å². The number of esters is 1. The topological polar surface area (TPSA) is 81.7 Å². The zero-order chi connectivity index (χ0) is 41.5. The van der Waals surface area contributed by atoms with E-state index in [2.05, 4.69) is 57.7 Å². The van der Waals surface area contributed by atoms with Gasteiger partial charge in [-0.15, -0.1) is 6.58 Å². The maximum atomic E-state index is 13.9. The summed E-state index contributed by atoms with van der Waals surface area (Å²) in [6.45, 7) is 12.3. The summed E-state index contributed by atoms with van der Waals surface area (Å²) in [7, 11) is 1.65. The molecule has 2 aliphatic rings. The van der Waals surface area contributed by atoms with E-state index < -0.39 is 11.9 Å². The van der Waals surface area contributed by atoms with Crippen molar-refractivity contribution in [3.8, 4) is 11.5 Å². The van der Waals surface area contributed by atoms with E-state index in [9.17, 15) is 4.79 Å². The van der Waals surface area contributed by atoms with Crippen LogP contribution in [0.15, 0.2) is 122 Å². The van der Waals surface area contributed by atoms with Crippen molar-refractivity contribution in [2.45, 2.75) is 129 Å². The first-order valence-corrected chi connectivity index (χ1v) is 21.4. The minimum absolute atomic E-state index is 0.0236. The molecule has 316 valence electrons. The lowest BCUT2D eigenvalue weighted by Crippen LogP contribution is -2.62. The highest BCUT2D eigenvalue weighted by molar-refractivity contribution is 5.70. The lowest BCUT2D eigenvalue weighted by atomic mass is 9.68. The van der Waals surface area contributed by atoms with Crippen LogP contribution >= 0.6 is 0 Å². The Morgan fingerprint density at radius 2 is 1.51 bits per heavy atom. The van der Waals surface area contributed by atoms with E-state index in [1.165, 1.54) is 5.56 Å². The monoisotopic (exact) mass is 804 g/mol. The smallest absolute Gasteiger partial charge is 0.308 e. The molecule has 0 aliphatic carbocycles. The van der Waals surface area contributed by atoms with Crippen LogP contribution < -0.4 is 9.47 Å². The Morgan fingerprint density at radius 3 is 2.22 bits per heavy atom. The molecule has 0 aromatic heterocycles. The summed E-state index contributed by atoms with van der Waals surface area (Å²) >= 11 is 0. The Morgan fingerprint density at radius 1 is 0.814 bits per heavy atom. The molecule has 4 aromatic rings. The molecule has 0 amide bonds. The van der Waals surface area contributed by atoms with Crippen LogP contribution in [0.25, 0.3) is 0 Å². The van der Waals surface area contributed by atoms with Gasteiger partial charge >= 0.3 is 5.97 Å². The minimum Gasteiger partial charge on any atom is -0.497 e. The average molecular weight is 805 g/mol. The second-order valence-electron chi connectivity index (χ2n) is 16.9. The van der Waals surface area contributed by atoms with Crippen LogP contribution in [0.2, 0.25) is 0 Å². The van der Waals surface area contributed by atoms with Gasteiger partial charge in [-0.05, 0) is 84.5 Å². The van der Waals surface area contributed by atoms with Gasteiger partial charge in [0, 0.05) is 18.3 Å². The molecule has 2 fully saturated rings. The Hall–Kier alpha value is -4.47. The van der Waals surface area contributed by atoms with Crippen molar-refractivity contribution in [1.82, 2.24) is 0 Å². The Labute approximate surface area is 352 Å². The van der Waals surface area contributed by atoms with Gasteiger partial charge in [0.25, 0.3) is 0 Å². The van der Waals surface area contributed by atoms with Gasteiger partial charge in [-0.2, -0.15) is 0 Å². The van der Waals surface area contributed by atoms with Crippen molar-refractivity contribution in [1.29, 1.82) is 0 Å². The molecule has 4 aromatic carbocycles.